The maximum Gasteiger partial charge on any atom is 0.246 e. The average Bonchev–Trinajstić information content (AvgIpc) is 2.67. The molecular formula is C13H17BrN2O2S. The van der Waals surface area contributed by atoms with Gasteiger partial charge in [-0.15, -0.1) is 11.8 Å². The third kappa shape index (κ3) is 3.31. The number of hydrogen-bond donors (Lipinski definition) is 2. The molecule has 1 unspecified atom stereocenters. The number of hydrogen-bond acceptors (Lipinski definition) is 4. The summed E-state index contributed by atoms with van der Waals surface area (Å²) in [5, 5.41) is 6.11. The van der Waals surface area contributed by atoms with Crippen molar-refractivity contribution in [3.63, 3.8) is 0 Å². The quantitative estimate of drug-likeness (QED) is 0.615. The van der Waals surface area contributed by atoms with Crippen molar-refractivity contribution in [1.29, 1.82) is 0 Å². The number of methoxy groups -OCH3 is 1. The van der Waals surface area contributed by atoms with Gasteiger partial charge in [-0.1, -0.05) is 6.92 Å². The number of fused-ring (bicyclic) bond motifs is 1. The summed E-state index contributed by atoms with van der Waals surface area (Å²) in [6, 6.07) is 3.80. The first-order valence-corrected chi connectivity index (χ1v) is 7.94. The van der Waals surface area contributed by atoms with Gasteiger partial charge in [-0.05, 0) is 34.6 Å². The van der Waals surface area contributed by atoms with E-state index in [-0.39, 0.29) is 11.9 Å². The van der Waals surface area contributed by atoms with E-state index in [1.54, 1.807) is 18.9 Å². The van der Waals surface area contributed by atoms with Crippen molar-refractivity contribution in [1.82, 2.24) is 5.32 Å². The van der Waals surface area contributed by atoms with Crippen molar-refractivity contribution in [3.8, 4) is 0 Å². The zero-order valence-electron chi connectivity index (χ0n) is 11.0. The van der Waals surface area contributed by atoms with E-state index in [0.717, 1.165) is 32.9 Å². The molecule has 0 aromatic heterocycles. The molecule has 1 aliphatic rings. The van der Waals surface area contributed by atoms with Crippen molar-refractivity contribution in [3.05, 3.63) is 22.2 Å². The Balaban J connectivity index is 2.20. The van der Waals surface area contributed by atoms with Crippen LogP contribution in [0.2, 0.25) is 0 Å². The van der Waals surface area contributed by atoms with Crippen LogP contribution in [0.4, 0.5) is 5.69 Å². The minimum absolute atomic E-state index is 0.0165. The Hall–Kier alpha value is -0.560. The highest BCUT2D eigenvalue weighted by Gasteiger charge is 2.30. The third-order valence-electron chi connectivity index (χ3n) is 2.89. The van der Waals surface area contributed by atoms with Gasteiger partial charge in [0.2, 0.25) is 5.91 Å². The van der Waals surface area contributed by atoms with Crippen molar-refractivity contribution in [2.45, 2.75) is 17.9 Å². The summed E-state index contributed by atoms with van der Waals surface area (Å²) in [5.74, 6) is 0.904. The molecule has 1 aliphatic heterocycles. The maximum absolute atomic E-state index is 11.9. The van der Waals surface area contributed by atoms with E-state index in [9.17, 15) is 4.79 Å². The van der Waals surface area contributed by atoms with Crippen LogP contribution in [0.25, 0.3) is 0 Å². The van der Waals surface area contributed by atoms with Gasteiger partial charge in [0.15, 0.2) is 0 Å². The molecule has 1 atom stereocenters. The van der Waals surface area contributed by atoms with Gasteiger partial charge in [-0.3, -0.25) is 4.79 Å². The van der Waals surface area contributed by atoms with E-state index >= 15 is 0 Å². The lowest BCUT2D eigenvalue weighted by atomic mass is 10.1. The van der Waals surface area contributed by atoms with Crippen molar-refractivity contribution in [2.75, 3.05) is 31.3 Å². The van der Waals surface area contributed by atoms with Crippen molar-refractivity contribution in [2.24, 2.45) is 0 Å². The van der Waals surface area contributed by atoms with Gasteiger partial charge in [0.1, 0.15) is 6.04 Å². The highest BCUT2D eigenvalue weighted by atomic mass is 79.9. The summed E-state index contributed by atoms with van der Waals surface area (Å²) < 4.78 is 6.07. The molecule has 0 aliphatic carbocycles. The SMILES string of the molecule is CCNC1C(=O)Nc2cc(SCCOC)c(Br)cc21. The van der Waals surface area contributed by atoms with E-state index in [2.05, 4.69) is 26.6 Å². The molecule has 1 amide bonds. The molecular weight excluding hydrogens is 328 g/mol. The topological polar surface area (TPSA) is 50.4 Å². The Kier molecular flexibility index (Phi) is 5.27. The molecule has 1 heterocycles. The Labute approximate surface area is 125 Å². The lowest BCUT2D eigenvalue weighted by Crippen LogP contribution is -2.27. The summed E-state index contributed by atoms with van der Waals surface area (Å²) in [6.45, 7) is 3.47. The first kappa shape index (κ1) is 14.8. The van der Waals surface area contributed by atoms with Crippen LogP contribution in [0.15, 0.2) is 21.5 Å². The largest absolute Gasteiger partial charge is 0.384 e. The number of thioether (sulfide) groups is 1. The highest BCUT2D eigenvalue weighted by Crippen LogP contribution is 2.38. The Morgan fingerprint density at radius 1 is 1.53 bits per heavy atom. The molecule has 0 saturated heterocycles. The predicted molar refractivity (Wildman–Crippen MR) is 81.8 cm³/mol. The number of amides is 1. The molecule has 1 aromatic rings. The van der Waals surface area contributed by atoms with Crippen LogP contribution in [-0.2, 0) is 9.53 Å². The number of carbonyl (C=O) groups excluding carboxylic acids is 1. The minimum atomic E-state index is -0.241. The fourth-order valence-corrected chi connectivity index (χ4v) is 3.59. The van der Waals surface area contributed by atoms with Crippen LogP contribution in [-0.4, -0.2) is 31.9 Å². The number of anilines is 1. The van der Waals surface area contributed by atoms with Gasteiger partial charge in [-0.2, -0.15) is 0 Å². The molecule has 0 fully saturated rings. The number of ether oxygens (including phenoxy) is 1. The van der Waals surface area contributed by atoms with E-state index in [4.69, 9.17) is 4.74 Å². The number of likely N-dealkylation sites (N-methyl/N-ethyl adjacent to an activating group) is 1. The number of carbonyl (C=O) groups is 1. The molecule has 0 radical (unpaired) electrons. The smallest absolute Gasteiger partial charge is 0.246 e. The van der Waals surface area contributed by atoms with Gasteiger partial charge < -0.3 is 15.4 Å². The standard InChI is InChI=1S/C13H17BrN2O2S/c1-3-15-12-8-6-9(14)11(19-5-4-18-2)7-10(8)16-13(12)17/h6-7,12,15H,3-5H2,1-2H3,(H,16,17). The maximum atomic E-state index is 11.9. The van der Waals surface area contributed by atoms with Gasteiger partial charge in [0, 0.05) is 33.5 Å². The summed E-state index contributed by atoms with van der Waals surface area (Å²) in [4.78, 5) is 13.0. The van der Waals surface area contributed by atoms with Crippen LogP contribution in [0.3, 0.4) is 0 Å². The van der Waals surface area contributed by atoms with Crippen LogP contribution >= 0.6 is 27.7 Å². The first-order chi connectivity index (χ1) is 9.17. The van der Waals surface area contributed by atoms with Gasteiger partial charge in [0.25, 0.3) is 0 Å². The second kappa shape index (κ2) is 6.74. The molecule has 19 heavy (non-hydrogen) atoms. The summed E-state index contributed by atoms with van der Waals surface area (Å²) in [5.41, 5.74) is 1.91. The zero-order valence-corrected chi connectivity index (χ0v) is 13.4. The molecule has 4 nitrogen and oxygen atoms in total. The fourth-order valence-electron chi connectivity index (χ4n) is 2.01. The molecule has 104 valence electrons. The molecule has 1 aromatic carbocycles. The Morgan fingerprint density at radius 2 is 2.32 bits per heavy atom. The monoisotopic (exact) mass is 344 g/mol. The number of benzene rings is 1. The van der Waals surface area contributed by atoms with Crippen LogP contribution in [0.1, 0.15) is 18.5 Å². The molecule has 0 saturated carbocycles. The molecule has 2 rings (SSSR count). The predicted octanol–water partition coefficient (Wildman–Crippen LogP) is 2.79. The lowest BCUT2D eigenvalue weighted by Gasteiger charge is -2.11. The van der Waals surface area contributed by atoms with Gasteiger partial charge in [0.05, 0.1) is 6.61 Å². The van der Waals surface area contributed by atoms with Crippen LogP contribution < -0.4 is 10.6 Å². The molecule has 0 bridgehead atoms. The van der Waals surface area contributed by atoms with E-state index in [1.807, 2.05) is 19.1 Å². The van der Waals surface area contributed by atoms with E-state index in [0.29, 0.717) is 6.61 Å². The summed E-state index contributed by atoms with van der Waals surface area (Å²) >= 11 is 5.28. The summed E-state index contributed by atoms with van der Waals surface area (Å²) in [6.07, 6.45) is 0. The normalized spacial score (nSPS) is 17.4. The molecule has 0 spiro atoms. The number of nitrogens with one attached hydrogen (secondary N) is 2. The van der Waals surface area contributed by atoms with E-state index in [1.165, 1.54) is 0 Å². The Morgan fingerprint density at radius 3 is 3.00 bits per heavy atom. The second-order valence-electron chi connectivity index (χ2n) is 4.19. The molecule has 2 N–H and O–H groups in total. The fraction of sp³-hybridized carbons (Fsp3) is 0.462. The molecule has 6 heteroatoms. The average molecular weight is 345 g/mol. The third-order valence-corrected chi connectivity index (χ3v) is 4.83. The highest BCUT2D eigenvalue weighted by molar-refractivity contribution is 9.10. The van der Waals surface area contributed by atoms with Crippen molar-refractivity contribution >= 4 is 39.3 Å². The first-order valence-electron chi connectivity index (χ1n) is 6.16. The van der Waals surface area contributed by atoms with Crippen LogP contribution in [0, 0.1) is 0 Å². The number of rotatable bonds is 6. The Bertz CT molecular complexity index is 482. The van der Waals surface area contributed by atoms with Gasteiger partial charge in [-0.25, -0.2) is 0 Å². The van der Waals surface area contributed by atoms with Gasteiger partial charge >= 0.3 is 0 Å². The number of halogens is 1. The van der Waals surface area contributed by atoms with E-state index < -0.39 is 0 Å². The van der Waals surface area contributed by atoms with Crippen LogP contribution in [0.5, 0.6) is 0 Å². The lowest BCUT2D eigenvalue weighted by molar-refractivity contribution is -0.117. The summed E-state index contributed by atoms with van der Waals surface area (Å²) in [7, 11) is 1.69. The second-order valence-corrected chi connectivity index (χ2v) is 6.18. The van der Waals surface area contributed by atoms with Crippen molar-refractivity contribution < 1.29 is 9.53 Å². The zero-order chi connectivity index (χ0) is 13.8. The minimum Gasteiger partial charge on any atom is -0.384 e.